The molecule has 0 N–H and O–H groups in total. The first-order valence-electron chi connectivity index (χ1n) is 7.83. The number of hydrogen-bond acceptors (Lipinski definition) is 4. The highest BCUT2D eigenvalue weighted by Gasteiger charge is 2.26. The summed E-state index contributed by atoms with van der Waals surface area (Å²) in [6, 6.07) is 6.68. The number of fused-ring (bicyclic) bond motifs is 1. The summed E-state index contributed by atoms with van der Waals surface area (Å²) in [6.45, 7) is 1.80. The van der Waals surface area contributed by atoms with Crippen molar-refractivity contribution in [3.63, 3.8) is 0 Å². The summed E-state index contributed by atoms with van der Waals surface area (Å²) < 4.78 is 19.7. The Balaban J connectivity index is 1.68. The molecular weight excluding hydrogens is 364 g/mol. The van der Waals surface area contributed by atoms with Gasteiger partial charge in [-0.25, -0.2) is 4.39 Å². The van der Waals surface area contributed by atoms with Crippen molar-refractivity contribution < 1.29 is 9.13 Å². The minimum absolute atomic E-state index is 0.00837. The maximum Gasteiger partial charge on any atom is 0.142 e. The van der Waals surface area contributed by atoms with E-state index in [1.807, 2.05) is 12.1 Å². The average molecular weight is 378 g/mol. The zero-order chi connectivity index (χ0) is 17.4. The van der Waals surface area contributed by atoms with E-state index in [1.54, 1.807) is 18.6 Å². The van der Waals surface area contributed by atoms with Crippen molar-refractivity contribution in [2.45, 2.75) is 6.10 Å². The van der Waals surface area contributed by atoms with E-state index in [9.17, 15) is 4.39 Å². The maximum absolute atomic E-state index is 13.9. The molecule has 1 aliphatic rings. The van der Waals surface area contributed by atoms with E-state index in [2.05, 4.69) is 14.9 Å². The Morgan fingerprint density at radius 3 is 2.92 bits per heavy atom. The molecule has 2 aromatic heterocycles. The Hall–Kier alpha value is -1.95. The monoisotopic (exact) mass is 377 g/mol. The topological polar surface area (TPSA) is 38.2 Å². The van der Waals surface area contributed by atoms with Crippen LogP contribution in [-0.4, -0.2) is 29.7 Å². The van der Waals surface area contributed by atoms with Crippen LogP contribution in [0.1, 0.15) is 11.7 Å². The second-order valence-corrected chi connectivity index (χ2v) is 6.63. The highest BCUT2D eigenvalue weighted by molar-refractivity contribution is 6.35. The van der Waals surface area contributed by atoms with E-state index in [0.717, 1.165) is 23.1 Å². The van der Waals surface area contributed by atoms with Gasteiger partial charge in [-0.05, 0) is 24.3 Å². The van der Waals surface area contributed by atoms with Crippen molar-refractivity contribution in [3.8, 4) is 0 Å². The van der Waals surface area contributed by atoms with Crippen LogP contribution in [0.25, 0.3) is 10.9 Å². The largest absolute Gasteiger partial charge is 0.370 e. The zero-order valence-corrected chi connectivity index (χ0v) is 14.6. The molecule has 1 saturated heterocycles. The van der Waals surface area contributed by atoms with Gasteiger partial charge < -0.3 is 9.64 Å². The maximum atomic E-state index is 13.9. The number of ether oxygens (including phenoxy) is 1. The summed E-state index contributed by atoms with van der Waals surface area (Å²) >= 11 is 12.0. The van der Waals surface area contributed by atoms with Crippen LogP contribution in [0.2, 0.25) is 10.0 Å². The number of halogens is 3. The number of nitrogens with zero attached hydrogens (tertiary/aromatic N) is 3. The first-order valence-corrected chi connectivity index (χ1v) is 8.59. The summed E-state index contributed by atoms with van der Waals surface area (Å²) in [5.41, 5.74) is 2.48. The minimum atomic E-state index is -0.498. The van der Waals surface area contributed by atoms with Gasteiger partial charge in [-0.1, -0.05) is 23.2 Å². The molecule has 1 atom stereocenters. The Bertz CT molecular complexity index is 932. The lowest BCUT2D eigenvalue weighted by Crippen LogP contribution is -2.38. The molecular formula is C18H14Cl2FN3O. The van der Waals surface area contributed by atoms with Crippen LogP contribution in [0.15, 0.2) is 42.9 Å². The Morgan fingerprint density at radius 1 is 1.16 bits per heavy atom. The summed E-state index contributed by atoms with van der Waals surface area (Å²) in [4.78, 5) is 10.7. The lowest BCUT2D eigenvalue weighted by molar-refractivity contribution is 0.0398. The van der Waals surface area contributed by atoms with Gasteiger partial charge in [0.1, 0.15) is 11.9 Å². The van der Waals surface area contributed by atoms with Gasteiger partial charge in [0.25, 0.3) is 0 Å². The van der Waals surface area contributed by atoms with Crippen LogP contribution in [0.4, 0.5) is 10.1 Å². The van der Waals surface area contributed by atoms with E-state index < -0.39 is 5.82 Å². The second-order valence-electron chi connectivity index (χ2n) is 5.82. The Morgan fingerprint density at radius 2 is 2.04 bits per heavy atom. The molecule has 1 aliphatic heterocycles. The first kappa shape index (κ1) is 16.5. The molecule has 25 heavy (non-hydrogen) atoms. The summed E-state index contributed by atoms with van der Waals surface area (Å²) in [7, 11) is 0. The third-order valence-electron chi connectivity index (χ3n) is 4.32. The van der Waals surface area contributed by atoms with Crippen molar-refractivity contribution in [2.75, 3.05) is 24.6 Å². The standard InChI is InChI=1S/C18H14Cl2FN3O/c19-13-8-14(20)15(21)7-12(13)18-10-24(5-6-25-18)17-2-4-23-16-9-22-3-1-11(16)17/h1-4,7-9,18H,5-6,10H2. The minimum Gasteiger partial charge on any atom is -0.370 e. The highest BCUT2D eigenvalue weighted by atomic mass is 35.5. The van der Waals surface area contributed by atoms with Gasteiger partial charge in [-0.15, -0.1) is 0 Å². The number of benzene rings is 1. The predicted octanol–water partition coefficient (Wildman–Crippen LogP) is 4.65. The molecule has 0 aliphatic carbocycles. The SMILES string of the molecule is Fc1cc(C2CN(c3ccnc4cnccc34)CCO2)c(Cl)cc1Cl. The van der Waals surface area contributed by atoms with Crippen LogP contribution in [0.5, 0.6) is 0 Å². The molecule has 7 heteroatoms. The van der Waals surface area contributed by atoms with E-state index in [-0.39, 0.29) is 11.1 Å². The molecule has 128 valence electrons. The molecule has 0 amide bonds. The quantitative estimate of drug-likeness (QED) is 0.609. The number of rotatable bonds is 2. The van der Waals surface area contributed by atoms with Gasteiger partial charge in [0.2, 0.25) is 0 Å². The molecule has 4 nitrogen and oxygen atoms in total. The number of pyridine rings is 2. The number of aromatic nitrogens is 2. The van der Waals surface area contributed by atoms with Crippen molar-refractivity contribution in [3.05, 3.63) is 64.3 Å². The summed E-state index contributed by atoms with van der Waals surface area (Å²) in [5, 5.41) is 1.43. The Kier molecular flexibility index (Phi) is 4.46. The van der Waals surface area contributed by atoms with Crippen molar-refractivity contribution in [1.82, 2.24) is 9.97 Å². The van der Waals surface area contributed by atoms with E-state index in [0.29, 0.717) is 23.7 Å². The normalized spacial score (nSPS) is 17.9. The van der Waals surface area contributed by atoms with Crippen molar-refractivity contribution in [2.24, 2.45) is 0 Å². The first-order chi connectivity index (χ1) is 12.1. The van der Waals surface area contributed by atoms with Gasteiger partial charge >= 0.3 is 0 Å². The average Bonchev–Trinajstić information content (AvgIpc) is 2.64. The molecule has 3 heterocycles. The molecule has 0 radical (unpaired) electrons. The lowest BCUT2D eigenvalue weighted by Gasteiger charge is -2.35. The van der Waals surface area contributed by atoms with Crippen LogP contribution < -0.4 is 4.90 Å². The number of hydrogen-bond donors (Lipinski definition) is 0. The van der Waals surface area contributed by atoms with Crippen LogP contribution in [0, 0.1) is 5.82 Å². The Labute approximate surface area is 154 Å². The molecule has 1 fully saturated rings. The molecule has 4 rings (SSSR count). The van der Waals surface area contributed by atoms with Crippen molar-refractivity contribution in [1.29, 1.82) is 0 Å². The predicted molar refractivity (Wildman–Crippen MR) is 96.9 cm³/mol. The van der Waals surface area contributed by atoms with Crippen LogP contribution in [0.3, 0.4) is 0 Å². The van der Waals surface area contributed by atoms with Gasteiger partial charge in [-0.2, -0.15) is 0 Å². The molecule has 3 aromatic rings. The fourth-order valence-corrected chi connectivity index (χ4v) is 3.61. The van der Waals surface area contributed by atoms with Crippen molar-refractivity contribution >= 4 is 39.8 Å². The number of morpholine rings is 1. The molecule has 0 spiro atoms. The third kappa shape index (κ3) is 3.15. The van der Waals surface area contributed by atoms with Crippen LogP contribution >= 0.6 is 23.2 Å². The smallest absolute Gasteiger partial charge is 0.142 e. The van der Waals surface area contributed by atoms with Gasteiger partial charge in [0.15, 0.2) is 0 Å². The van der Waals surface area contributed by atoms with Gasteiger partial charge in [0, 0.05) is 47.1 Å². The molecule has 1 unspecified atom stereocenters. The fraction of sp³-hybridized carbons (Fsp3) is 0.222. The summed E-state index contributed by atoms with van der Waals surface area (Å²) in [6.07, 6.45) is 4.91. The van der Waals surface area contributed by atoms with E-state index in [4.69, 9.17) is 27.9 Å². The second kappa shape index (κ2) is 6.75. The third-order valence-corrected chi connectivity index (χ3v) is 4.93. The fourth-order valence-electron chi connectivity index (χ4n) is 3.10. The van der Waals surface area contributed by atoms with E-state index >= 15 is 0 Å². The molecule has 0 saturated carbocycles. The van der Waals surface area contributed by atoms with Gasteiger partial charge in [0.05, 0.1) is 23.3 Å². The van der Waals surface area contributed by atoms with Gasteiger partial charge in [-0.3, -0.25) is 9.97 Å². The lowest BCUT2D eigenvalue weighted by atomic mass is 10.1. The molecule has 1 aromatic carbocycles. The van der Waals surface area contributed by atoms with Crippen LogP contribution in [-0.2, 0) is 4.74 Å². The zero-order valence-electron chi connectivity index (χ0n) is 13.1. The number of anilines is 1. The summed E-state index contributed by atoms with van der Waals surface area (Å²) in [5.74, 6) is -0.498. The highest BCUT2D eigenvalue weighted by Crippen LogP contribution is 2.34. The van der Waals surface area contributed by atoms with E-state index in [1.165, 1.54) is 12.1 Å². The molecule has 0 bridgehead atoms.